The van der Waals surface area contributed by atoms with Gasteiger partial charge < -0.3 is 5.32 Å². The molecule has 0 bridgehead atoms. The molecule has 3 heterocycles. The highest BCUT2D eigenvalue weighted by atomic mass is 16.1. The molecule has 5 rings (SSSR count). The van der Waals surface area contributed by atoms with E-state index in [9.17, 15) is 4.79 Å². The number of amides is 1. The van der Waals surface area contributed by atoms with Gasteiger partial charge in [0.25, 0.3) is 5.91 Å². The Kier molecular flexibility index (Phi) is 4.98. The van der Waals surface area contributed by atoms with Crippen LogP contribution in [0, 0.1) is 0 Å². The lowest BCUT2D eigenvalue weighted by Crippen LogP contribution is -2.24. The second-order valence-electron chi connectivity index (χ2n) is 7.17. The molecule has 1 amide bonds. The lowest BCUT2D eigenvalue weighted by atomic mass is 10.1. The van der Waals surface area contributed by atoms with Crippen molar-refractivity contribution in [2.45, 2.75) is 13.1 Å². The summed E-state index contributed by atoms with van der Waals surface area (Å²) in [5, 5.41) is 16.0. The SMILES string of the molecule is O=C(NCc1nnc2ccccn12)c1cn(Cc2ccccc2)nc1-c1ccccc1. The van der Waals surface area contributed by atoms with Crippen molar-refractivity contribution in [3.8, 4) is 11.3 Å². The van der Waals surface area contributed by atoms with E-state index in [-0.39, 0.29) is 12.5 Å². The molecule has 3 aromatic heterocycles. The highest BCUT2D eigenvalue weighted by Gasteiger charge is 2.18. The summed E-state index contributed by atoms with van der Waals surface area (Å²) in [6.07, 6.45) is 3.68. The van der Waals surface area contributed by atoms with Crippen molar-refractivity contribution in [3.05, 3.63) is 108 Å². The van der Waals surface area contributed by atoms with Crippen LogP contribution in [0.3, 0.4) is 0 Å². The Labute approximate surface area is 179 Å². The van der Waals surface area contributed by atoms with Crippen LogP contribution in [0.5, 0.6) is 0 Å². The first kappa shape index (κ1) is 18.7. The van der Waals surface area contributed by atoms with Gasteiger partial charge in [-0.3, -0.25) is 13.9 Å². The number of carbonyl (C=O) groups is 1. The van der Waals surface area contributed by atoms with Crippen molar-refractivity contribution < 1.29 is 4.79 Å². The molecular weight excluding hydrogens is 388 g/mol. The van der Waals surface area contributed by atoms with Gasteiger partial charge in [-0.05, 0) is 17.7 Å². The Morgan fingerprint density at radius 1 is 0.871 bits per heavy atom. The summed E-state index contributed by atoms with van der Waals surface area (Å²) in [7, 11) is 0. The van der Waals surface area contributed by atoms with Gasteiger partial charge in [-0.2, -0.15) is 5.10 Å². The van der Waals surface area contributed by atoms with E-state index in [4.69, 9.17) is 5.10 Å². The zero-order valence-corrected chi connectivity index (χ0v) is 16.7. The van der Waals surface area contributed by atoms with Crippen molar-refractivity contribution in [1.29, 1.82) is 0 Å². The second-order valence-corrected chi connectivity index (χ2v) is 7.17. The maximum atomic E-state index is 13.1. The molecule has 7 heteroatoms. The minimum atomic E-state index is -0.203. The summed E-state index contributed by atoms with van der Waals surface area (Å²) < 4.78 is 3.66. The molecule has 2 aromatic carbocycles. The number of nitrogens with one attached hydrogen (secondary N) is 1. The Morgan fingerprint density at radius 3 is 2.42 bits per heavy atom. The smallest absolute Gasteiger partial charge is 0.255 e. The molecule has 0 radical (unpaired) electrons. The van der Waals surface area contributed by atoms with Gasteiger partial charge in [-0.15, -0.1) is 10.2 Å². The number of hydrogen-bond acceptors (Lipinski definition) is 4. The van der Waals surface area contributed by atoms with E-state index in [2.05, 4.69) is 15.5 Å². The number of nitrogens with zero attached hydrogens (tertiary/aromatic N) is 5. The lowest BCUT2D eigenvalue weighted by Gasteiger charge is -2.05. The summed E-state index contributed by atoms with van der Waals surface area (Å²) in [5.41, 5.74) is 3.93. The van der Waals surface area contributed by atoms with Crippen LogP contribution in [0.25, 0.3) is 16.9 Å². The summed E-state index contributed by atoms with van der Waals surface area (Å²) in [5.74, 6) is 0.465. The van der Waals surface area contributed by atoms with E-state index in [1.54, 1.807) is 10.9 Å². The Balaban J connectivity index is 1.42. The molecule has 0 aliphatic carbocycles. The molecule has 0 aliphatic rings. The molecule has 0 atom stereocenters. The highest BCUT2D eigenvalue weighted by molar-refractivity contribution is 5.99. The minimum Gasteiger partial charge on any atom is -0.345 e. The summed E-state index contributed by atoms with van der Waals surface area (Å²) in [4.78, 5) is 13.1. The van der Waals surface area contributed by atoms with Gasteiger partial charge >= 0.3 is 0 Å². The molecule has 1 N–H and O–H groups in total. The van der Waals surface area contributed by atoms with Gasteiger partial charge in [-0.25, -0.2) is 0 Å². The van der Waals surface area contributed by atoms with Gasteiger partial charge in [-0.1, -0.05) is 66.7 Å². The predicted molar refractivity (Wildman–Crippen MR) is 117 cm³/mol. The number of rotatable bonds is 6. The van der Waals surface area contributed by atoms with Crippen molar-refractivity contribution in [2.75, 3.05) is 0 Å². The fraction of sp³-hybridized carbons (Fsp3) is 0.0833. The molecule has 31 heavy (non-hydrogen) atoms. The first-order valence-electron chi connectivity index (χ1n) is 10.0. The maximum absolute atomic E-state index is 13.1. The number of hydrogen-bond donors (Lipinski definition) is 1. The molecule has 0 spiro atoms. The molecule has 0 unspecified atom stereocenters. The van der Waals surface area contributed by atoms with E-state index in [0.29, 0.717) is 23.6 Å². The quantitative estimate of drug-likeness (QED) is 0.466. The van der Waals surface area contributed by atoms with Crippen LogP contribution in [0.4, 0.5) is 0 Å². The second kappa shape index (κ2) is 8.23. The normalized spacial score (nSPS) is 11.0. The number of carbonyl (C=O) groups excluding carboxylic acids is 1. The number of pyridine rings is 1. The van der Waals surface area contributed by atoms with Crippen LogP contribution in [0.2, 0.25) is 0 Å². The largest absolute Gasteiger partial charge is 0.345 e. The fourth-order valence-electron chi connectivity index (χ4n) is 3.51. The van der Waals surface area contributed by atoms with Gasteiger partial charge in [0.15, 0.2) is 11.5 Å². The monoisotopic (exact) mass is 408 g/mol. The average molecular weight is 408 g/mol. The first-order chi connectivity index (χ1) is 15.3. The standard InChI is InChI=1S/C24H20N6O/c31-24(25-15-22-27-26-21-13-7-8-14-30(21)22)20-17-29(16-18-9-3-1-4-10-18)28-23(20)19-11-5-2-6-12-19/h1-14,17H,15-16H2,(H,25,31). The number of fused-ring (bicyclic) bond motifs is 1. The van der Waals surface area contributed by atoms with Gasteiger partial charge in [0.1, 0.15) is 5.69 Å². The van der Waals surface area contributed by atoms with Crippen LogP contribution < -0.4 is 5.32 Å². The summed E-state index contributed by atoms with van der Waals surface area (Å²) in [6, 6.07) is 25.5. The lowest BCUT2D eigenvalue weighted by molar-refractivity contribution is 0.0950. The molecule has 0 fully saturated rings. The van der Waals surface area contributed by atoms with E-state index < -0.39 is 0 Å². The molecule has 0 aliphatic heterocycles. The predicted octanol–water partition coefficient (Wildman–Crippen LogP) is 3.57. The fourth-order valence-corrected chi connectivity index (χ4v) is 3.51. The minimum absolute atomic E-state index is 0.203. The molecule has 0 saturated carbocycles. The average Bonchev–Trinajstić information content (AvgIpc) is 3.43. The summed E-state index contributed by atoms with van der Waals surface area (Å²) >= 11 is 0. The van der Waals surface area contributed by atoms with Gasteiger partial charge in [0.05, 0.1) is 18.7 Å². The molecule has 0 saturated heterocycles. The molecule has 5 aromatic rings. The Hall–Kier alpha value is -4.26. The number of aromatic nitrogens is 5. The van der Waals surface area contributed by atoms with Crippen LogP contribution in [0.1, 0.15) is 21.7 Å². The number of benzene rings is 2. The first-order valence-corrected chi connectivity index (χ1v) is 10.0. The van der Waals surface area contributed by atoms with Gasteiger partial charge in [0.2, 0.25) is 0 Å². The van der Waals surface area contributed by atoms with Gasteiger partial charge in [0, 0.05) is 18.0 Å². The van der Waals surface area contributed by atoms with Crippen molar-refractivity contribution in [2.24, 2.45) is 0 Å². The topological polar surface area (TPSA) is 77.1 Å². The van der Waals surface area contributed by atoms with Crippen molar-refractivity contribution in [1.82, 2.24) is 29.7 Å². The third kappa shape index (κ3) is 3.93. The third-order valence-corrected chi connectivity index (χ3v) is 5.03. The molecule has 152 valence electrons. The zero-order chi connectivity index (χ0) is 21.0. The third-order valence-electron chi connectivity index (χ3n) is 5.03. The van der Waals surface area contributed by atoms with Crippen LogP contribution >= 0.6 is 0 Å². The van der Waals surface area contributed by atoms with Crippen LogP contribution in [-0.2, 0) is 13.1 Å². The van der Waals surface area contributed by atoms with E-state index in [0.717, 1.165) is 16.8 Å². The Bertz CT molecular complexity index is 1320. The maximum Gasteiger partial charge on any atom is 0.255 e. The van der Waals surface area contributed by atoms with Crippen molar-refractivity contribution in [3.63, 3.8) is 0 Å². The van der Waals surface area contributed by atoms with E-state index >= 15 is 0 Å². The van der Waals surface area contributed by atoms with Crippen LogP contribution in [-0.4, -0.2) is 30.3 Å². The van der Waals surface area contributed by atoms with Crippen LogP contribution in [0.15, 0.2) is 91.3 Å². The highest BCUT2D eigenvalue weighted by Crippen LogP contribution is 2.22. The molecule has 7 nitrogen and oxygen atoms in total. The van der Waals surface area contributed by atoms with E-state index in [1.165, 1.54) is 0 Å². The Morgan fingerprint density at radius 2 is 1.61 bits per heavy atom. The summed E-state index contributed by atoms with van der Waals surface area (Å²) in [6.45, 7) is 0.852. The molecular formula is C24H20N6O. The van der Waals surface area contributed by atoms with Crippen molar-refractivity contribution >= 4 is 11.6 Å². The zero-order valence-electron chi connectivity index (χ0n) is 16.7. The van der Waals surface area contributed by atoms with E-state index in [1.807, 2.05) is 89.5 Å².